The lowest BCUT2D eigenvalue weighted by Gasteiger charge is -2.09. The molecule has 2 aromatic heterocycles. The van der Waals surface area contributed by atoms with Gasteiger partial charge < -0.3 is 16.5 Å². The first kappa shape index (κ1) is 17.9. The van der Waals surface area contributed by atoms with Gasteiger partial charge in [0.1, 0.15) is 0 Å². The standard InChI is InChI=1S/C21H16BrN5O/c22-16-8-4-3-7-14(16)19-15(12-5-1-2-6-13(12)20(23)28)11-18(26-19)17-9-10-25-21(24)27-17/h1-11,26H,(H2,23,28)(H2,24,25,27). The molecule has 0 saturated heterocycles. The SMILES string of the molecule is NC(=O)c1ccccc1-c1cc(-c2ccnc(N)n2)[nH]c1-c1ccccc1Br. The van der Waals surface area contributed by atoms with Gasteiger partial charge in [-0.25, -0.2) is 9.97 Å². The number of H-pyrrole nitrogens is 1. The predicted octanol–water partition coefficient (Wildman–Crippen LogP) is 4.25. The van der Waals surface area contributed by atoms with Crippen LogP contribution in [-0.4, -0.2) is 20.9 Å². The molecule has 0 unspecified atom stereocenters. The van der Waals surface area contributed by atoms with Crippen LogP contribution in [0.2, 0.25) is 0 Å². The Hall–Kier alpha value is -3.45. The number of hydrogen-bond donors (Lipinski definition) is 3. The minimum absolute atomic E-state index is 0.189. The second-order valence-electron chi connectivity index (χ2n) is 6.16. The lowest BCUT2D eigenvalue weighted by molar-refractivity contribution is 0.100. The van der Waals surface area contributed by atoms with Crippen molar-refractivity contribution in [3.63, 3.8) is 0 Å². The van der Waals surface area contributed by atoms with Crippen molar-refractivity contribution in [1.29, 1.82) is 0 Å². The highest BCUT2D eigenvalue weighted by Crippen LogP contribution is 2.39. The van der Waals surface area contributed by atoms with Crippen molar-refractivity contribution >= 4 is 27.8 Å². The Morgan fingerprint density at radius 2 is 1.68 bits per heavy atom. The van der Waals surface area contributed by atoms with Gasteiger partial charge in [-0.3, -0.25) is 4.79 Å². The third-order valence-corrected chi connectivity index (χ3v) is 5.09. The topological polar surface area (TPSA) is 111 Å². The van der Waals surface area contributed by atoms with E-state index in [0.717, 1.165) is 32.6 Å². The van der Waals surface area contributed by atoms with Crippen molar-refractivity contribution in [1.82, 2.24) is 15.0 Å². The van der Waals surface area contributed by atoms with Gasteiger partial charge in [0, 0.05) is 27.4 Å². The molecule has 0 bridgehead atoms. The Morgan fingerprint density at radius 3 is 2.39 bits per heavy atom. The van der Waals surface area contributed by atoms with Crippen molar-refractivity contribution in [2.24, 2.45) is 5.73 Å². The van der Waals surface area contributed by atoms with Crippen LogP contribution in [0, 0.1) is 0 Å². The maximum absolute atomic E-state index is 12.0. The van der Waals surface area contributed by atoms with Gasteiger partial charge in [-0.1, -0.05) is 52.3 Å². The number of benzene rings is 2. The molecule has 4 rings (SSSR count). The zero-order valence-electron chi connectivity index (χ0n) is 14.7. The second-order valence-corrected chi connectivity index (χ2v) is 7.02. The molecule has 1 amide bonds. The van der Waals surface area contributed by atoms with E-state index in [-0.39, 0.29) is 5.95 Å². The molecule has 5 N–H and O–H groups in total. The van der Waals surface area contributed by atoms with Crippen molar-refractivity contribution in [2.75, 3.05) is 5.73 Å². The van der Waals surface area contributed by atoms with Gasteiger partial charge in [0.2, 0.25) is 11.9 Å². The summed E-state index contributed by atoms with van der Waals surface area (Å²) in [7, 11) is 0. The van der Waals surface area contributed by atoms with E-state index in [1.54, 1.807) is 24.4 Å². The summed E-state index contributed by atoms with van der Waals surface area (Å²) >= 11 is 3.61. The molecule has 2 aromatic carbocycles. The summed E-state index contributed by atoms with van der Waals surface area (Å²) in [4.78, 5) is 23.7. The number of rotatable bonds is 4. The molecule has 28 heavy (non-hydrogen) atoms. The minimum Gasteiger partial charge on any atom is -0.368 e. The lowest BCUT2D eigenvalue weighted by atomic mass is 9.96. The normalized spacial score (nSPS) is 10.8. The molecule has 0 radical (unpaired) electrons. The Labute approximate surface area is 169 Å². The van der Waals surface area contributed by atoms with Gasteiger partial charge in [-0.2, -0.15) is 0 Å². The van der Waals surface area contributed by atoms with Crippen molar-refractivity contribution < 1.29 is 4.79 Å². The molecule has 0 aliphatic heterocycles. The molecule has 2 heterocycles. The fraction of sp³-hybridized carbons (Fsp3) is 0. The summed E-state index contributed by atoms with van der Waals surface area (Å²) in [6.07, 6.45) is 1.60. The fourth-order valence-corrected chi connectivity index (χ4v) is 3.62. The molecule has 4 aromatic rings. The molecule has 0 aliphatic rings. The second kappa shape index (κ2) is 7.28. The highest BCUT2D eigenvalue weighted by atomic mass is 79.9. The number of aromatic amines is 1. The first-order chi connectivity index (χ1) is 13.5. The number of nitrogens with one attached hydrogen (secondary N) is 1. The number of carbonyl (C=O) groups is 1. The summed E-state index contributed by atoms with van der Waals surface area (Å²) in [5.74, 6) is -0.295. The Balaban J connectivity index is 2.00. The predicted molar refractivity (Wildman–Crippen MR) is 113 cm³/mol. The van der Waals surface area contributed by atoms with Crippen LogP contribution in [-0.2, 0) is 0 Å². The maximum Gasteiger partial charge on any atom is 0.249 e. The van der Waals surface area contributed by atoms with Gasteiger partial charge in [0.25, 0.3) is 0 Å². The zero-order valence-corrected chi connectivity index (χ0v) is 16.3. The number of carbonyl (C=O) groups excluding carboxylic acids is 1. The molecular formula is C21H16BrN5O. The number of primary amides is 1. The van der Waals surface area contributed by atoms with Crippen LogP contribution in [0.4, 0.5) is 5.95 Å². The lowest BCUT2D eigenvalue weighted by Crippen LogP contribution is -2.12. The summed E-state index contributed by atoms with van der Waals surface area (Å²) in [5.41, 5.74) is 16.6. The van der Waals surface area contributed by atoms with Gasteiger partial charge >= 0.3 is 0 Å². The molecule has 0 fully saturated rings. The van der Waals surface area contributed by atoms with E-state index in [0.29, 0.717) is 11.3 Å². The van der Waals surface area contributed by atoms with Crippen LogP contribution in [0.25, 0.3) is 33.8 Å². The third kappa shape index (κ3) is 3.27. The number of aromatic nitrogens is 3. The summed E-state index contributed by atoms with van der Waals surface area (Å²) < 4.78 is 0.920. The molecule has 0 spiro atoms. The smallest absolute Gasteiger partial charge is 0.249 e. The van der Waals surface area contributed by atoms with Crippen LogP contribution in [0.1, 0.15) is 10.4 Å². The molecule has 138 valence electrons. The number of nitrogens with zero attached hydrogens (tertiary/aromatic N) is 2. The third-order valence-electron chi connectivity index (χ3n) is 4.39. The number of nitrogens with two attached hydrogens (primary N) is 2. The maximum atomic E-state index is 12.0. The molecule has 0 aliphatic carbocycles. The van der Waals surface area contributed by atoms with Gasteiger partial charge in [-0.05, 0) is 29.8 Å². The van der Waals surface area contributed by atoms with E-state index in [9.17, 15) is 4.79 Å². The number of anilines is 1. The fourth-order valence-electron chi connectivity index (χ4n) is 3.14. The van der Waals surface area contributed by atoms with Gasteiger partial charge in [-0.15, -0.1) is 0 Å². The zero-order chi connectivity index (χ0) is 19.7. The summed E-state index contributed by atoms with van der Waals surface area (Å²) in [5, 5.41) is 0. The number of amides is 1. The van der Waals surface area contributed by atoms with Crippen molar-refractivity contribution in [2.45, 2.75) is 0 Å². The Bertz CT molecular complexity index is 1180. The van der Waals surface area contributed by atoms with Crippen LogP contribution < -0.4 is 11.5 Å². The summed E-state index contributed by atoms with van der Waals surface area (Å²) in [6.45, 7) is 0. The first-order valence-corrected chi connectivity index (χ1v) is 9.30. The molecule has 0 saturated carbocycles. The molecule has 6 nitrogen and oxygen atoms in total. The Kier molecular flexibility index (Phi) is 4.67. The van der Waals surface area contributed by atoms with Crippen molar-refractivity contribution in [3.8, 4) is 33.8 Å². The monoisotopic (exact) mass is 433 g/mol. The Morgan fingerprint density at radius 1 is 0.964 bits per heavy atom. The average Bonchev–Trinajstić information content (AvgIpc) is 3.13. The van der Waals surface area contributed by atoms with Crippen LogP contribution in [0.5, 0.6) is 0 Å². The van der Waals surface area contributed by atoms with E-state index in [1.807, 2.05) is 42.5 Å². The number of nitrogen functional groups attached to an aromatic ring is 1. The van der Waals surface area contributed by atoms with E-state index >= 15 is 0 Å². The van der Waals surface area contributed by atoms with E-state index in [4.69, 9.17) is 11.5 Å². The van der Waals surface area contributed by atoms with Gasteiger partial charge in [0.05, 0.1) is 17.1 Å². The van der Waals surface area contributed by atoms with Crippen LogP contribution in [0.3, 0.4) is 0 Å². The quantitative estimate of drug-likeness (QED) is 0.446. The molecular weight excluding hydrogens is 418 g/mol. The van der Waals surface area contributed by atoms with E-state index in [2.05, 4.69) is 30.9 Å². The van der Waals surface area contributed by atoms with Crippen molar-refractivity contribution in [3.05, 3.63) is 76.9 Å². The highest BCUT2D eigenvalue weighted by Gasteiger charge is 2.19. The van der Waals surface area contributed by atoms with Crippen LogP contribution in [0.15, 0.2) is 71.3 Å². The first-order valence-electron chi connectivity index (χ1n) is 8.50. The molecule has 0 atom stereocenters. The highest BCUT2D eigenvalue weighted by molar-refractivity contribution is 9.10. The number of halogens is 1. The molecule has 7 heteroatoms. The largest absolute Gasteiger partial charge is 0.368 e. The average molecular weight is 434 g/mol. The number of hydrogen-bond acceptors (Lipinski definition) is 4. The van der Waals surface area contributed by atoms with E-state index < -0.39 is 5.91 Å². The van der Waals surface area contributed by atoms with Crippen LogP contribution >= 0.6 is 15.9 Å². The summed E-state index contributed by atoms with van der Waals surface area (Å²) in [6, 6.07) is 18.8. The minimum atomic E-state index is -0.484. The van der Waals surface area contributed by atoms with Gasteiger partial charge in [0.15, 0.2) is 0 Å². The van der Waals surface area contributed by atoms with E-state index in [1.165, 1.54) is 0 Å².